The first-order valence-electron chi connectivity index (χ1n) is 7.90. The van der Waals surface area contributed by atoms with Gasteiger partial charge in [-0.3, -0.25) is 4.79 Å². The molecule has 110 valence electrons. The lowest BCUT2D eigenvalue weighted by molar-refractivity contribution is -0.142. The molecule has 1 saturated carbocycles. The molecule has 2 rings (SSSR count). The summed E-state index contributed by atoms with van der Waals surface area (Å²) < 4.78 is 0. The summed E-state index contributed by atoms with van der Waals surface area (Å²) >= 11 is 0. The van der Waals surface area contributed by atoms with Crippen LogP contribution < -0.4 is 0 Å². The number of nitrogens with zero attached hydrogens (tertiary/aromatic N) is 1. The number of aliphatic hydroxyl groups excluding tert-OH is 1. The predicted octanol–water partition coefficient (Wildman–Crippen LogP) is 2.96. The Hall–Kier alpha value is -0.570. The molecule has 3 nitrogen and oxygen atoms in total. The third-order valence-electron chi connectivity index (χ3n) is 5.08. The van der Waals surface area contributed by atoms with E-state index < -0.39 is 0 Å². The van der Waals surface area contributed by atoms with E-state index in [0.29, 0.717) is 5.91 Å². The van der Waals surface area contributed by atoms with Crippen molar-refractivity contribution < 1.29 is 9.90 Å². The fourth-order valence-electron chi connectivity index (χ4n) is 3.92. The van der Waals surface area contributed by atoms with Gasteiger partial charge in [-0.2, -0.15) is 0 Å². The average molecular weight is 267 g/mol. The third-order valence-corrected chi connectivity index (χ3v) is 5.08. The van der Waals surface area contributed by atoms with Crippen LogP contribution in [0.15, 0.2) is 0 Å². The van der Waals surface area contributed by atoms with E-state index in [-0.39, 0.29) is 23.5 Å². The Kier molecular flexibility index (Phi) is 4.54. The van der Waals surface area contributed by atoms with Crippen LogP contribution in [0.5, 0.6) is 0 Å². The Labute approximate surface area is 117 Å². The van der Waals surface area contributed by atoms with Gasteiger partial charge in [-0.05, 0) is 44.4 Å². The van der Waals surface area contributed by atoms with Crippen LogP contribution in [-0.4, -0.2) is 34.6 Å². The fourth-order valence-corrected chi connectivity index (χ4v) is 3.92. The number of hydrogen-bond acceptors (Lipinski definition) is 2. The van der Waals surface area contributed by atoms with E-state index in [1.807, 2.05) is 6.92 Å². The number of carbonyl (C=O) groups excluding carboxylic acids is 1. The quantitative estimate of drug-likeness (QED) is 0.854. The molecular weight excluding hydrogens is 238 g/mol. The zero-order valence-electron chi connectivity index (χ0n) is 12.7. The third kappa shape index (κ3) is 3.31. The van der Waals surface area contributed by atoms with Crippen molar-refractivity contribution in [2.75, 3.05) is 6.54 Å². The smallest absolute Gasteiger partial charge is 0.226 e. The van der Waals surface area contributed by atoms with Crippen molar-refractivity contribution in [3.05, 3.63) is 0 Å². The monoisotopic (exact) mass is 267 g/mol. The molecular formula is C16H29NO2. The Bertz CT molecular complexity index is 325. The van der Waals surface area contributed by atoms with Crippen LogP contribution in [0.4, 0.5) is 0 Å². The van der Waals surface area contributed by atoms with E-state index in [1.54, 1.807) is 0 Å². The summed E-state index contributed by atoms with van der Waals surface area (Å²) in [5.74, 6) is 0.545. The standard InChI is InChI=1S/C16H29NO2/c1-12(18)11-13-7-6-10-17(13)15(19)14-8-4-5-9-16(14,2)3/h12-14,18H,4-11H2,1-3H3. The lowest BCUT2D eigenvalue weighted by atomic mass is 9.68. The van der Waals surface area contributed by atoms with Gasteiger partial charge in [0.1, 0.15) is 0 Å². The van der Waals surface area contributed by atoms with Gasteiger partial charge in [0.15, 0.2) is 0 Å². The first-order chi connectivity index (χ1) is 8.92. The molecule has 0 spiro atoms. The van der Waals surface area contributed by atoms with E-state index in [4.69, 9.17) is 0 Å². The first kappa shape index (κ1) is 14.8. The van der Waals surface area contributed by atoms with Gasteiger partial charge in [0.05, 0.1) is 6.10 Å². The predicted molar refractivity (Wildman–Crippen MR) is 76.8 cm³/mol. The average Bonchev–Trinajstić information content (AvgIpc) is 2.75. The Morgan fingerprint density at radius 1 is 1.32 bits per heavy atom. The number of likely N-dealkylation sites (tertiary alicyclic amines) is 1. The van der Waals surface area contributed by atoms with E-state index in [1.165, 1.54) is 12.8 Å². The summed E-state index contributed by atoms with van der Waals surface area (Å²) in [6.45, 7) is 7.21. The maximum Gasteiger partial charge on any atom is 0.226 e. The Balaban J connectivity index is 2.05. The first-order valence-corrected chi connectivity index (χ1v) is 7.90. The van der Waals surface area contributed by atoms with Crippen molar-refractivity contribution in [3.8, 4) is 0 Å². The minimum absolute atomic E-state index is 0.146. The van der Waals surface area contributed by atoms with Gasteiger partial charge in [-0.15, -0.1) is 0 Å². The van der Waals surface area contributed by atoms with Crippen molar-refractivity contribution in [3.63, 3.8) is 0 Å². The van der Waals surface area contributed by atoms with E-state index >= 15 is 0 Å². The molecule has 1 N–H and O–H groups in total. The zero-order valence-corrected chi connectivity index (χ0v) is 12.7. The van der Waals surface area contributed by atoms with Gasteiger partial charge in [0.25, 0.3) is 0 Å². The number of amides is 1. The number of carbonyl (C=O) groups is 1. The summed E-state index contributed by atoms with van der Waals surface area (Å²) in [7, 11) is 0. The molecule has 0 radical (unpaired) electrons. The van der Waals surface area contributed by atoms with Gasteiger partial charge in [-0.1, -0.05) is 26.7 Å². The highest BCUT2D eigenvalue weighted by Gasteiger charge is 2.41. The van der Waals surface area contributed by atoms with E-state index in [0.717, 1.165) is 38.6 Å². The van der Waals surface area contributed by atoms with Gasteiger partial charge in [0.2, 0.25) is 5.91 Å². The molecule has 1 aliphatic heterocycles. The van der Waals surface area contributed by atoms with Crippen LogP contribution in [0.25, 0.3) is 0 Å². The molecule has 0 aromatic heterocycles. The minimum atomic E-state index is -0.308. The van der Waals surface area contributed by atoms with Gasteiger partial charge in [-0.25, -0.2) is 0 Å². The molecule has 2 aliphatic rings. The topological polar surface area (TPSA) is 40.5 Å². The molecule has 3 unspecified atom stereocenters. The van der Waals surface area contributed by atoms with Crippen LogP contribution >= 0.6 is 0 Å². The fraction of sp³-hybridized carbons (Fsp3) is 0.938. The molecule has 1 amide bonds. The van der Waals surface area contributed by atoms with E-state index in [9.17, 15) is 9.90 Å². The zero-order chi connectivity index (χ0) is 14.0. The molecule has 1 aliphatic carbocycles. The molecule has 0 aromatic carbocycles. The highest BCUT2D eigenvalue weighted by Crippen LogP contribution is 2.42. The summed E-state index contributed by atoms with van der Waals surface area (Å²) in [6.07, 6.45) is 7.24. The lowest BCUT2D eigenvalue weighted by Gasteiger charge is -2.40. The van der Waals surface area contributed by atoms with Crippen molar-refractivity contribution in [2.24, 2.45) is 11.3 Å². The number of aliphatic hydroxyl groups is 1. The summed E-state index contributed by atoms with van der Waals surface area (Å²) in [4.78, 5) is 14.9. The summed E-state index contributed by atoms with van der Waals surface area (Å²) in [5, 5.41) is 9.59. The van der Waals surface area contributed by atoms with Crippen molar-refractivity contribution in [1.29, 1.82) is 0 Å². The molecule has 0 aromatic rings. The lowest BCUT2D eigenvalue weighted by Crippen LogP contribution is -2.46. The largest absolute Gasteiger partial charge is 0.393 e. The molecule has 3 heteroatoms. The Morgan fingerprint density at radius 2 is 2.05 bits per heavy atom. The second-order valence-electron chi connectivity index (χ2n) is 7.20. The Morgan fingerprint density at radius 3 is 2.68 bits per heavy atom. The molecule has 0 bridgehead atoms. The van der Waals surface area contributed by atoms with E-state index in [2.05, 4.69) is 18.7 Å². The van der Waals surface area contributed by atoms with Gasteiger partial charge >= 0.3 is 0 Å². The van der Waals surface area contributed by atoms with Crippen molar-refractivity contribution in [2.45, 2.75) is 77.9 Å². The van der Waals surface area contributed by atoms with Crippen LogP contribution in [0.1, 0.15) is 65.7 Å². The highest BCUT2D eigenvalue weighted by atomic mass is 16.3. The molecule has 1 heterocycles. The van der Waals surface area contributed by atoms with Crippen LogP contribution in [-0.2, 0) is 4.79 Å². The second kappa shape index (κ2) is 5.82. The minimum Gasteiger partial charge on any atom is -0.393 e. The number of hydrogen-bond donors (Lipinski definition) is 1. The second-order valence-corrected chi connectivity index (χ2v) is 7.20. The summed E-state index contributed by atoms with van der Waals surface area (Å²) in [6, 6.07) is 0.269. The van der Waals surface area contributed by atoms with Crippen molar-refractivity contribution >= 4 is 5.91 Å². The highest BCUT2D eigenvalue weighted by molar-refractivity contribution is 5.80. The normalized spacial score (nSPS) is 32.3. The molecule has 1 saturated heterocycles. The number of rotatable bonds is 3. The van der Waals surface area contributed by atoms with Crippen LogP contribution in [0.2, 0.25) is 0 Å². The van der Waals surface area contributed by atoms with Crippen molar-refractivity contribution in [1.82, 2.24) is 4.90 Å². The summed E-state index contributed by atoms with van der Waals surface area (Å²) in [5.41, 5.74) is 0.146. The maximum atomic E-state index is 12.9. The van der Waals surface area contributed by atoms with Crippen LogP contribution in [0, 0.1) is 11.3 Å². The van der Waals surface area contributed by atoms with Gasteiger partial charge in [0, 0.05) is 18.5 Å². The molecule has 19 heavy (non-hydrogen) atoms. The van der Waals surface area contributed by atoms with Crippen LogP contribution in [0.3, 0.4) is 0 Å². The maximum absolute atomic E-state index is 12.9. The molecule has 3 atom stereocenters. The molecule has 2 fully saturated rings. The SMILES string of the molecule is CC(O)CC1CCCN1C(=O)C1CCCCC1(C)C. The van der Waals surface area contributed by atoms with Gasteiger partial charge < -0.3 is 10.0 Å².